The highest BCUT2D eigenvalue weighted by atomic mass is 79.9. The van der Waals surface area contributed by atoms with E-state index < -0.39 is 12.0 Å². The lowest BCUT2D eigenvalue weighted by molar-refractivity contribution is -0.133. The average molecular weight is 646 g/mol. The molecule has 0 aliphatic carbocycles. The number of alkyl halides is 2. The number of pyridine rings is 1. The minimum absolute atomic E-state index is 0.0000615. The zero-order valence-corrected chi connectivity index (χ0v) is 23.7. The van der Waals surface area contributed by atoms with Crippen molar-refractivity contribution in [3.63, 3.8) is 0 Å². The van der Waals surface area contributed by atoms with Crippen LogP contribution in [-0.4, -0.2) is 39.2 Å². The van der Waals surface area contributed by atoms with Crippen LogP contribution in [0.15, 0.2) is 50.3 Å². The van der Waals surface area contributed by atoms with Crippen LogP contribution in [-0.2, 0) is 16.2 Å². The first-order valence-corrected chi connectivity index (χ1v) is 14.2. The Hall–Kier alpha value is -2.34. The molecular formula is C25H21BrCl2F2N4O3S. The fraction of sp³-hybridized carbons (Fsp3) is 0.360. The molecule has 1 aromatic carbocycles. The molecule has 1 fully saturated rings. The first kappa shape index (κ1) is 27.2. The largest absolute Gasteiger partial charge is 0.387 e. The smallest absolute Gasteiger partial charge is 0.265 e. The van der Waals surface area contributed by atoms with Crippen molar-refractivity contribution in [3.8, 4) is 0 Å². The second-order valence-electron chi connectivity index (χ2n) is 9.05. The molecule has 0 spiro atoms. The summed E-state index contributed by atoms with van der Waals surface area (Å²) in [6.07, 6.45) is -0.167. The van der Waals surface area contributed by atoms with E-state index in [1.165, 1.54) is 0 Å². The Morgan fingerprint density at radius 2 is 1.95 bits per heavy atom. The normalized spacial score (nSPS) is 18.1. The van der Waals surface area contributed by atoms with Crippen molar-refractivity contribution in [2.75, 3.05) is 13.1 Å². The number of carbonyl (C=O) groups is 1. The van der Waals surface area contributed by atoms with Crippen molar-refractivity contribution in [2.24, 2.45) is 5.16 Å². The van der Waals surface area contributed by atoms with Gasteiger partial charge in [-0.25, -0.2) is 13.8 Å². The molecule has 5 rings (SSSR count). The summed E-state index contributed by atoms with van der Waals surface area (Å²) in [7, 11) is 0. The summed E-state index contributed by atoms with van der Waals surface area (Å²) in [5.41, 5.74) is 1.34. The summed E-state index contributed by atoms with van der Waals surface area (Å²) < 4.78 is 27.3. The van der Waals surface area contributed by atoms with E-state index in [2.05, 4.69) is 21.1 Å². The van der Waals surface area contributed by atoms with Gasteiger partial charge in [-0.2, -0.15) is 0 Å². The maximum atomic E-state index is 13.1. The average Bonchev–Trinajstić information content (AvgIpc) is 3.57. The molecule has 4 heterocycles. The molecule has 7 nitrogen and oxygen atoms in total. The van der Waals surface area contributed by atoms with Gasteiger partial charge in [0, 0.05) is 58.2 Å². The number of amides is 1. The number of piperidine rings is 1. The zero-order valence-electron chi connectivity index (χ0n) is 19.8. The molecule has 200 valence electrons. The van der Waals surface area contributed by atoms with Gasteiger partial charge in [0.2, 0.25) is 5.91 Å². The van der Waals surface area contributed by atoms with Crippen LogP contribution in [0.25, 0.3) is 0 Å². The number of hydrogen-bond donors (Lipinski definition) is 0. The van der Waals surface area contributed by atoms with E-state index in [0.29, 0.717) is 48.0 Å². The van der Waals surface area contributed by atoms with Crippen LogP contribution in [0.4, 0.5) is 8.78 Å². The van der Waals surface area contributed by atoms with Crippen LogP contribution >= 0.6 is 50.5 Å². The molecule has 1 atom stereocenters. The number of aromatic nitrogens is 2. The van der Waals surface area contributed by atoms with Crippen molar-refractivity contribution >= 4 is 62.1 Å². The van der Waals surface area contributed by atoms with Crippen molar-refractivity contribution in [3.05, 3.63) is 82.5 Å². The van der Waals surface area contributed by atoms with Crippen LogP contribution in [0, 0.1) is 0 Å². The number of thiazole rings is 1. The van der Waals surface area contributed by atoms with Gasteiger partial charge in [0.15, 0.2) is 6.10 Å². The molecule has 13 heteroatoms. The van der Waals surface area contributed by atoms with E-state index in [9.17, 15) is 18.4 Å². The highest BCUT2D eigenvalue weighted by Crippen LogP contribution is 2.39. The molecule has 2 aliphatic rings. The summed E-state index contributed by atoms with van der Waals surface area (Å²) in [6, 6.07) is 6.39. The number of rotatable bonds is 6. The van der Waals surface area contributed by atoms with Gasteiger partial charge in [-0.15, -0.1) is 11.3 Å². The van der Waals surface area contributed by atoms with Crippen molar-refractivity contribution in [1.82, 2.24) is 14.5 Å². The number of benzene rings is 1. The van der Waals surface area contributed by atoms with Crippen molar-refractivity contribution in [2.45, 2.75) is 44.3 Å². The minimum Gasteiger partial charge on any atom is -0.387 e. The molecule has 0 radical (unpaired) electrons. The predicted molar refractivity (Wildman–Crippen MR) is 145 cm³/mol. The lowest BCUT2D eigenvalue weighted by Crippen LogP contribution is -2.41. The van der Waals surface area contributed by atoms with Gasteiger partial charge in [-0.3, -0.25) is 9.59 Å². The lowest BCUT2D eigenvalue weighted by Gasteiger charge is -2.31. The Kier molecular flexibility index (Phi) is 8.18. The first-order valence-electron chi connectivity index (χ1n) is 11.8. The Balaban J connectivity index is 1.19. The molecule has 0 N–H and O–H groups in total. The van der Waals surface area contributed by atoms with E-state index in [-0.39, 0.29) is 34.5 Å². The highest BCUT2D eigenvalue weighted by molar-refractivity contribution is 9.10. The van der Waals surface area contributed by atoms with Crippen LogP contribution in [0.3, 0.4) is 0 Å². The number of halogens is 5. The van der Waals surface area contributed by atoms with Crippen LogP contribution < -0.4 is 5.56 Å². The zero-order chi connectivity index (χ0) is 27.0. The summed E-state index contributed by atoms with van der Waals surface area (Å²) in [4.78, 5) is 37.2. The number of hydrogen-bond acceptors (Lipinski definition) is 6. The lowest BCUT2D eigenvalue weighted by atomic mass is 9.97. The Bertz CT molecular complexity index is 1440. The van der Waals surface area contributed by atoms with Crippen LogP contribution in [0.1, 0.15) is 59.5 Å². The maximum absolute atomic E-state index is 13.1. The Morgan fingerprint density at radius 1 is 1.24 bits per heavy atom. The van der Waals surface area contributed by atoms with Gasteiger partial charge in [-0.05, 0) is 47.0 Å². The van der Waals surface area contributed by atoms with E-state index in [1.807, 2.05) is 5.38 Å². The molecular weight excluding hydrogens is 625 g/mol. The SMILES string of the molecule is O=C(Cn1cc(C(F)F)cc(Br)c1=O)N1CCC(c2nc(C3=NOC(c4c(Cl)cccc4Cl)C3)cs2)CC1. The van der Waals surface area contributed by atoms with Crippen LogP contribution in [0.5, 0.6) is 0 Å². The Morgan fingerprint density at radius 3 is 2.63 bits per heavy atom. The first-order chi connectivity index (χ1) is 18.2. The fourth-order valence-electron chi connectivity index (χ4n) is 4.59. The number of nitrogens with zero attached hydrogens (tertiary/aromatic N) is 4. The van der Waals surface area contributed by atoms with E-state index in [1.54, 1.807) is 34.4 Å². The van der Waals surface area contributed by atoms with Gasteiger partial charge < -0.3 is 14.3 Å². The van der Waals surface area contributed by atoms with E-state index in [4.69, 9.17) is 33.0 Å². The fourth-order valence-corrected chi connectivity index (χ4v) is 6.72. The van der Waals surface area contributed by atoms with Gasteiger partial charge in [0.1, 0.15) is 12.3 Å². The quantitative estimate of drug-likeness (QED) is 0.303. The van der Waals surface area contributed by atoms with E-state index in [0.717, 1.165) is 33.2 Å². The number of carbonyl (C=O) groups excluding carboxylic acids is 1. The number of likely N-dealkylation sites (tertiary alicyclic amines) is 1. The number of oxime groups is 1. The topological polar surface area (TPSA) is 76.8 Å². The molecule has 1 unspecified atom stereocenters. The monoisotopic (exact) mass is 644 g/mol. The Labute approximate surface area is 239 Å². The van der Waals surface area contributed by atoms with Gasteiger partial charge in [0.25, 0.3) is 12.0 Å². The summed E-state index contributed by atoms with van der Waals surface area (Å²) in [6.45, 7) is 0.681. The molecule has 3 aromatic rings. The third kappa shape index (κ3) is 5.66. The third-order valence-electron chi connectivity index (χ3n) is 6.63. The molecule has 0 bridgehead atoms. The molecule has 0 saturated carbocycles. The molecule has 1 saturated heterocycles. The van der Waals surface area contributed by atoms with Gasteiger partial charge >= 0.3 is 0 Å². The van der Waals surface area contributed by atoms with Crippen molar-refractivity contribution in [1.29, 1.82) is 0 Å². The van der Waals surface area contributed by atoms with Gasteiger partial charge in [-0.1, -0.05) is 34.4 Å². The standard InChI is InChI=1S/C25H21BrCl2F2N4O3S/c26-15-8-14(23(29)30)10-34(25(15)36)11-21(35)33-6-4-13(5-7-33)24-31-19(12-38-24)18-9-20(37-32-18)22-16(27)2-1-3-17(22)28/h1-3,8,10,12-13,20,23H,4-7,9,11H2. The highest BCUT2D eigenvalue weighted by Gasteiger charge is 2.31. The van der Waals surface area contributed by atoms with Crippen molar-refractivity contribution < 1.29 is 18.4 Å². The summed E-state index contributed by atoms with van der Waals surface area (Å²) in [5.74, 6) is -0.112. The predicted octanol–water partition coefficient (Wildman–Crippen LogP) is 6.58. The molecule has 38 heavy (non-hydrogen) atoms. The summed E-state index contributed by atoms with van der Waals surface area (Å²) >= 11 is 17.2. The second-order valence-corrected chi connectivity index (χ2v) is 11.6. The summed E-state index contributed by atoms with van der Waals surface area (Å²) in [5, 5.41) is 8.18. The second kappa shape index (κ2) is 11.4. The molecule has 2 aromatic heterocycles. The maximum Gasteiger partial charge on any atom is 0.265 e. The van der Waals surface area contributed by atoms with E-state index >= 15 is 0 Å². The van der Waals surface area contributed by atoms with Crippen LogP contribution in [0.2, 0.25) is 10.0 Å². The molecule has 2 aliphatic heterocycles. The third-order valence-corrected chi connectivity index (χ3v) is 8.86. The minimum atomic E-state index is -2.74. The van der Waals surface area contributed by atoms with Gasteiger partial charge in [0.05, 0.1) is 15.2 Å². The molecule has 1 amide bonds.